The van der Waals surface area contributed by atoms with Gasteiger partial charge >= 0.3 is 5.97 Å². The highest BCUT2D eigenvalue weighted by atomic mass is 35.5. The summed E-state index contributed by atoms with van der Waals surface area (Å²) in [5.41, 5.74) is 3.49. The Hall–Kier alpha value is -2.08. The number of rotatable bonds is 6. The summed E-state index contributed by atoms with van der Waals surface area (Å²) in [6, 6.07) is 13.1. The average molecular weight is 407 g/mol. The minimum atomic E-state index is -0.891. The number of nitrogens with one attached hydrogen (secondary N) is 1. The van der Waals surface area contributed by atoms with Gasteiger partial charge in [-0.1, -0.05) is 54.4 Å². The van der Waals surface area contributed by atoms with Gasteiger partial charge in [-0.3, -0.25) is 4.79 Å². The summed E-state index contributed by atoms with van der Waals surface area (Å²) < 4.78 is 0. The lowest BCUT2D eigenvalue weighted by molar-refractivity contribution is -0.136. The fourth-order valence-electron chi connectivity index (χ4n) is 2.54. The van der Waals surface area contributed by atoms with E-state index in [9.17, 15) is 9.90 Å². The quantitative estimate of drug-likeness (QED) is 0.522. The summed E-state index contributed by atoms with van der Waals surface area (Å²) in [6.45, 7) is 2.09. The maximum atomic E-state index is 11.2. The van der Waals surface area contributed by atoms with E-state index in [0.717, 1.165) is 12.0 Å². The molecule has 0 atom stereocenters. The Balaban J connectivity index is 1.96. The van der Waals surface area contributed by atoms with E-state index in [2.05, 4.69) is 17.2 Å². The van der Waals surface area contributed by atoms with Crippen LogP contribution in [-0.2, 0) is 17.6 Å². The summed E-state index contributed by atoms with van der Waals surface area (Å²) in [5.74, 6) is -0.891. The maximum absolute atomic E-state index is 11.2. The molecule has 1 aromatic heterocycles. The lowest BCUT2D eigenvalue weighted by Crippen LogP contribution is -1.99. The summed E-state index contributed by atoms with van der Waals surface area (Å²) in [7, 11) is 0. The molecule has 26 heavy (non-hydrogen) atoms. The number of hydrogen-bond acceptors (Lipinski definition) is 4. The van der Waals surface area contributed by atoms with Gasteiger partial charge in [0, 0.05) is 26.2 Å². The smallest absolute Gasteiger partial charge is 0.308 e. The third-order valence-corrected chi connectivity index (χ3v) is 5.17. The number of carbonyl (C=O) groups is 1. The summed E-state index contributed by atoms with van der Waals surface area (Å²) in [4.78, 5) is 16.5. The van der Waals surface area contributed by atoms with Crippen molar-refractivity contribution >= 4 is 51.3 Å². The van der Waals surface area contributed by atoms with E-state index >= 15 is 0 Å². The molecule has 0 radical (unpaired) electrons. The average Bonchev–Trinajstić information content (AvgIpc) is 2.95. The van der Waals surface area contributed by atoms with Crippen molar-refractivity contribution in [2.24, 2.45) is 0 Å². The molecule has 3 aromatic rings. The molecule has 0 spiro atoms. The summed E-state index contributed by atoms with van der Waals surface area (Å²) in [6.07, 6.45) is 0.863. The molecule has 4 nitrogen and oxygen atoms in total. The Morgan fingerprint density at radius 3 is 2.38 bits per heavy atom. The van der Waals surface area contributed by atoms with Crippen molar-refractivity contribution in [3.05, 3.63) is 63.0 Å². The van der Waals surface area contributed by atoms with Crippen molar-refractivity contribution in [2.45, 2.75) is 19.8 Å². The summed E-state index contributed by atoms with van der Waals surface area (Å²) in [5, 5.41) is 14.0. The Morgan fingerprint density at radius 1 is 1.15 bits per heavy atom. The first-order valence-corrected chi connectivity index (χ1v) is 9.55. The highest BCUT2D eigenvalue weighted by molar-refractivity contribution is 7.16. The van der Waals surface area contributed by atoms with E-state index in [1.807, 2.05) is 24.3 Å². The van der Waals surface area contributed by atoms with Crippen molar-refractivity contribution < 1.29 is 9.90 Å². The predicted octanol–water partition coefficient (Wildman–Crippen LogP) is 6.05. The fourth-order valence-corrected chi connectivity index (χ4v) is 4.06. The fraction of sp³-hybridized carbons (Fsp3) is 0.158. The van der Waals surface area contributed by atoms with Crippen LogP contribution in [0.4, 0.5) is 10.8 Å². The first-order valence-electron chi connectivity index (χ1n) is 7.98. The highest BCUT2D eigenvalue weighted by Crippen LogP contribution is 2.34. The number of aryl methyl sites for hydroxylation is 1. The first-order chi connectivity index (χ1) is 12.4. The van der Waals surface area contributed by atoms with Crippen LogP contribution in [0.2, 0.25) is 10.0 Å². The zero-order valence-corrected chi connectivity index (χ0v) is 16.3. The maximum Gasteiger partial charge on any atom is 0.308 e. The van der Waals surface area contributed by atoms with Crippen LogP contribution in [0.1, 0.15) is 17.4 Å². The molecule has 0 amide bonds. The Labute approximate surface area is 165 Å². The predicted molar refractivity (Wildman–Crippen MR) is 108 cm³/mol. The molecule has 0 aliphatic carbocycles. The van der Waals surface area contributed by atoms with Crippen molar-refractivity contribution in [3.63, 3.8) is 0 Å². The van der Waals surface area contributed by atoms with E-state index in [4.69, 9.17) is 23.2 Å². The van der Waals surface area contributed by atoms with Crippen LogP contribution in [0, 0.1) is 0 Å². The number of carboxylic acid groups (broad SMARTS) is 1. The third kappa shape index (κ3) is 4.55. The standard InChI is InChI=1S/C19H16Cl2N2O2S/c1-2-11-3-5-12(6-4-11)18-16(10-17(24)25)26-19(23-18)22-15-8-13(20)7-14(21)9-15/h3-9H,2,10H2,1H3,(H,22,23)(H,24,25). The normalized spacial score (nSPS) is 10.7. The van der Waals surface area contributed by atoms with Gasteiger partial charge in [-0.25, -0.2) is 4.98 Å². The number of anilines is 2. The number of aromatic nitrogens is 1. The molecule has 2 N–H and O–H groups in total. The lowest BCUT2D eigenvalue weighted by Gasteiger charge is -2.04. The number of benzene rings is 2. The van der Waals surface area contributed by atoms with Gasteiger partial charge in [0.05, 0.1) is 12.1 Å². The minimum Gasteiger partial charge on any atom is -0.481 e. The van der Waals surface area contributed by atoms with Crippen LogP contribution in [0.5, 0.6) is 0 Å². The van der Waals surface area contributed by atoms with Crippen molar-refractivity contribution in [3.8, 4) is 11.3 Å². The number of nitrogens with zero attached hydrogens (tertiary/aromatic N) is 1. The van der Waals surface area contributed by atoms with E-state index in [0.29, 0.717) is 31.4 Å². The van der Waals surface area contributed by atoms with Gasteiger partial charge in [0.25, 0.3) is 0 Å². The monoisotopic (exact) mass is 406 g/mol. The SMILES string of the molecule is CCc1ccc(-c2nc(Nc3cc(Cl)cc(Cl)c3)sc2CC(=O)O)cc1. The molecule has 0 bridgehead atoms. The third-order valence-electron chi connectivity index (χ3n) is 3.76. The van der Waals surface area contributed by atoms with Crippen LogP contribution in [0.3, 0.4) is 0 Å². The van der Waals surface area contributed by atoms with Crippen LogP contribution >= 0.6 is 34.5 Å². The number of carboxylic acids is 1. The molecule has 0 unspecified atom stereocenters. The van der Waals surface area contributed by atoms with Crippen molar-refractivity contribution in [1.29, 1.82) is 0 Å². The number of hydrogen-bond donors (Lipinski definition) is 2. The Kier molecular flexibility index (Phi) is 5.81. The first kappa shape index (κ1) is 18.7. The van der Waals surface area contributed by atoms with E-state index < -0.39 is 5.97 Å². The van der Waals surface area contributed by atoms with Crippen LogP contribution in [0.25, 0.3) is 11.3 Å². The molecule has 7 heteroatoms. The molecular formula is C19H16Cl2N2O2S. The summed E-state index contributed by atoms with van der Waals surface area (Å²) >= 11 is 13.4. The topological polar surface area (TPSA) is 62.2 Å². The van der Waals surface area contributed by atoms with Gasteiger partial charge in [-0.2, -0.15) is 0 Å². The minimum absolute atomic E-state index is 0.0828. The second-order valence-corrected chi connectivity index (χ2v) is 7.65. The number of halogens is 2. The molecule has 1 heterocycles. The second kappa shape index (κ2) is 8.08. The molecule has 0 saturated heterocycles. The second-order valence-electron chi connectivity index (χ2n) is 5.69. The Bertz CT molecular complexity index is 919. The van der Waals surface area contributed by atoms with Crippen molar-refractivity contribution in [1.82, 2.24) is 4.98 Å². The highest BCUT2D eigenvalue weighted by Gasteiger charge is 2.16. The molecule has 134 valence electrons. The van der Waals surface area contributed by atoms with Gasteiger partial charge in [-0.15, -0.1) is 11.3 Å². The van der Waals surface area contributed by atoms with Crippen LogP contribution in [-0.4, -0.2) is 16.1 Å². The van der Waals surface area contributed by atoms with Gasteiger partial charge in [-0.05, 0) is 30.2 Å². The van der Waals surface area contributed by atoms with Gasteiger partial charge in [0.2, 0.25) is 0 Å². The molecule has 0 aliphatic heterocycles. The van der Waals surface area contributed by atoms with E-state index in [1.54, 1.807) is 18.2 Å². The molecule has 2 aromatic carbocycles. The molecule has 0 fully saturated rings. The number of thiazole rings is 1. The Morgan fingerprint density at radius 2 is 1.81 bits per heavy atom. The van der Waals surface area contributed by atoms with Crippen molar-refractivity contribution in [2.75, 3.05) is 5.32 Å². The van der Waals surface area contributed by atoms with Gasteiger partial charge < -0.3 is 10.4 Å². The van der Waals surface area contributed by atoms with Crippen LogP contribution < -0.4 is 5.32 Å². The van der Waals surface area contributed by atoms with Gasteiger partial charge in [0.1, 0.15) is 0 Å². The number of aliphatic carboxylic acids is 1. The largest absolute Gasteiger partial charge is 0.481 e. The molecule has 3 rings (SSSR count). The van der Waals surface area contributed by atoms with E-state index in [-0.39, 0.29) is 6.42 Å². The lowest BCUT2D eigenvalue weighted by atomic mass is 10.1. The van der Waals surface area contributed by atoms with Crippen LogP contribution in [0.15, 0.2) is 42.5 Å². The van der Waals surface area contributed by atoms with Gasteiger partial charge in [0.15, 0.2) is 5.13 Å². The zero-order chi connectivity index (χ0) is 18.7. The molecule has 0 aliphatic rings. The molecular weight excluding hydrogens is 391 g/mol. The molecule has 0 saturated carbocycles. The van der Waals surface area contributed by atoms with E-state index in [1.165, 1.54) is 16.9 Å². The zero-order valence-electron chi connectivity index (χ0n) is 13.9.